The molecule has 27 heavy (non-hydrogen) atoms. The van der Waals surface area contributed by atoms with Crippen LogP contribution < -0.4 is 10.6 Å². The number of rotatable bonds is 5. The van der Waals surface area contributed by atoms with E-state index in [1.807, 2.05) is 0 Å². The molecule has 1 atom stereocenters. The van der Waals surface area contributed by atoms with Crippen molar-refractivity contribution in [2.75, 3.05) is 7.11 Å². The zero-order chi connectivity index (χ0) is 19.0. The second-order valence-electron chi connectivity index (χ2n) is 8.48. The third-order valence-electron chi connectivity index (χ3n) is 6.64. The van der Waals surface area contributed by atoms with Crippen molar-refractivity contribution in [1.29, 1.82) is 0 Å². The first-order valence-electron chi connectivity index (χ1n) is 9.91. The van der Waals surface area contributed by atoms with Gasteiger partial charge in [-0.2, -0.15) is 0 Å². The molecule has 1 aromatic carbocycles. The van der Waals surface area contributed by atoms with Gasteiger partial charge in [-0.15, -0.1) is 0 Å². The number of methoxy groups -OCH3 is 1. The third kappa shape index (κ3) is 3.94. The van der Waals surface area contributed by atoms with Gasteiger partial charge in [-0.1, -0.05) is 12.1 Å². The molecule has 2 N–H and O–H groups in total. The van der Waals surface area contributed by atoms with Gasteiger partial charge < -0.3 is 15.4 Å². The number of amides is 2. The van der Waals surface area contributed by atoms with Crippen LogP contribution in [0.3, 0.4) is 0 Å². The first-order valence-corrected chi connectivity index (χ1v) is 9.91. The van der Waals surface area contributed by atoms with Crippen molar-refractivity contribution in [3.8, 4) is 0 Å². The highest BCUT2D eigenvalue weighted by Crippen LogP contribution is 2.53. The number of carbonyl (C=O) groups excluding carboxylic acids is 2. The standard InChI is InChI=1S/C21H27FN2O3/c1-27-20(25)18(11-12-3-2-4-17(22)10-12)23-21(26)24-19-15-6-13-5-14(8-15)9-16(19)7-13/h2-4,10,13-16,18-19H,5-9,11H2,1H3,(H2,23,24,26). The van der Waals surface area contributed by atoms with Crippen LogP contribution in [-0.2, 0) is 16.0 Å². The molecule has 5 rings (SSSR count). The number of hydrogen-bond donors (Lipinski definition) is 2. The van der Waals surface area contributed by atoms with Crippen molar-refractivity contribution in [2.45, 2.75) is 50.6 Å². The lowest BCUT2D eigenvalue weighted by Crippen LogP contribution is -2.59. The smallest absolute Gasteiger partial charge is 0.328 e. The molecular formula is C21H27FN2O3. The summed E-state index contributed by atoms with van der Waals surface area (Å²) in [6.07, 6.45) is 6.40. The van der Waals surface area contributed by atoms with Gasteiger partial charge >= 0.3 is 12.0 Å². The molecular weight excluding hydrogens is 347 g/mol. The Kier molecular flexibility index (Phi) is 5.06. The van der Waals surface area contributed by atoms with E-state index in [9.17, 15) is 14.0 Å². The predicted molar refractivity (Wildman–Crippen MR) is 98.4 cm³/mol. The zero-order valence-corrected chi connectivity index (χ0v) is 15.6. The third-order valence-corrected chi connectivity index (χ3v) is 6.64. The topological polar surface area (TPSA) is 67.4 Å². The van der Waals surface area contributed by atoms with Crippen molar-refractivity contribution < 1.29 is 18.7 Å². The first kappa shape index (κ1) is 18.3. The molecule has 0 heterocycles. The van der Waals surface area contributed by atoms with Crippen LogP contribution in [0.1, 0.15) is 37.7 Å². The SMILES string of the molecule is COC(=O)C(Cc1cccc(F)c1)NC(=O)NC1C2CC3CC(C2)CC1C3. The predicted octanol–water partition coefficient (Wildman–Crippen LogP) is 3.03. The van der Waals surface area contributed by atoms with E-state index in [-0.39, 0.29) is 24.3 Å². The Morgan fingerprint density at radius 2 is 1.81 bits per heavy atom. The minimum atomic E-state index is -0.839. The van der Waals surface area contributed by atoms with Crippen molar-refractivity contribution in [1.82, 2.24) is 10.6 Å². The van der Waals surface area contributed by atoms with Crippen LogP contribution in [0.5, 0.6) is 0 Å². The van der Waals surface area contributed by atoms with E-state index < -0.39 is 12.0 Å². The summed E-state index contributed by atoms with van der Waals surface area (Å²) in [6.45, 7) is 0. The molecule has 6 heteroatoms. The zero-order valence-electron chi connectivity index (χ0n) is 15.6. The summed E-state index contributed by atoms with van der Waals surface area (Å²) in [5.41, 5.74) is 0.639. The van der Waals surface area contributed by atoms with Crippen molar-refractivity contribution in [3.05, 3.63) is 35.6 Å². The second kappa shape index (κ2) is 7.49. The first-order chi connectivity index (χ1) is 13.0. The maximum absolute atomic E-state index is 13.4. The maximum atomic E-state index is 13.4. The molecule has 146 valence electrons. The van der Waals surface area contributed by atoms with Gasteiger partial charge in [-0.05, 0) is 73.5 Å². The molecule has 5 nitrogen and oxygen atoms in total. The lowest BCUT2D eigenvalue weighted by molar-refractivity contribution is -0.142. The lowest BCUT2D eigenvalue weighted by atomic mass is 9.54. The number of urea groups is 1. The molecule has 4 fully saturated rings. The van der Waals surface area contributed by atoms with Gasteiger partial charge in [0.05, 0.1) is 7.11 Å². The fourth-order valence-corrected chi connectivity index (χ4v) is 5.75. The summed E-state index contributed by atoms with van der Waals surface area (Å²) in [5, 5.41) is 5.88. The van der Waals surface area contributed by atoms with E-state index >= 15 is 0 Å². The summed E-state index contributed by atoms with van der Waals surface area (Å²) < 4.78 is 18.2. The monoisotopic (exact) mass is 374 g/mol. The molecule has 4 bridgehead atoms. The normalized spacial score (nSPS) is 32.0. The number of ether oxygens (including phenoxy) is 1. The molecule has 0 radical (unpaired) electrons. The van der Waals surface area contributed by atoms with Gasteiger partial charge in [0.25, 0.3) is 0 Å². The molecule has 4 aliphatic rings. The summed E-state index contributed by atoms with van der Waals surface area (Å²) >= 11 is 0. The van der Waals surface area contributed by atoms with E-state index in [1.165, 1.54) is 51.3 Å². The Morgan fingerprint density at radius 3 is 2.41 bits per heavy atom. The van der Waals surface area contributed by atoms with E-state index in [2.05, 4.69) is 10.6 Å². The van der Waals surface area contributed by atoms with E-state index in [0.717, 1.165) is 11.8 Å². The minimum absolute atomic E-state index is 0.194. The molecule has 4 saturated carbocycles. The largest absolute Gasteiger partial charge is 0.467 e. The highest BCUT2D eigenvalue weighted by molar-refractivity contribution is 5.84. The Morgan fingerprint density at radius 1 is 1.15 bits per heavy atom. The van der Waals surface area contributed by atoms with Gasteiger partial charge in [-0.3, -0.25) is 0 Å². The number of halogens is 1. The van der Waals surface area contributed by atoms with E-state index in [4.69, 9.17) is 4.74 Å². The molecule has 1 unspecified atom stereocenters. The lowest BCUT2D eigenvalue weighted by Gasteiger charge is -2.54. The van der Waals surface area contributed by atoms with Crippen LogP contribution in [0.15, 0.2) is 24.3 Å². The van der Waals surface area contributed by atoms with Crippen LogP contribution in [-0.4, -0.2) is 31.2 Å². The Balaban J connectivity index is 1.39. The fourth-order valence-electron chi connectivity index (χ4n) is 5.75. The van der Waals surface area contributed by atoms with Gasteiger partial charge in [0.15, 0.2) is 0 Å². The summed E-state index contributed by atoms with van der Waals surface area (Å²) in [6, 6.07) is 5.07. The van der Waals surface area contributed by atoms with Crippen LogP contribution in [0, 0.1) is 29.5 Å². The molecule has 1 aromatic rings. The van der Waals surface area contributed by atoms with Crippen LogP contribution in [0.25, 0.3) is 0 Å². The van der Waals surface area contributed by atoms with Crippen molar-refractivity contribution in [2.24, 2.45) is 23.7 Å². The van der Waals surface area contributed by atoms with Gasteiger partial charge in [0.2, 0.25) is 0 Å². The number of nitrogens with one attached hydrogen (secondary N) is 2. The summed E-state index contributed by atoms with van der Waals surface area (Å²) in [7, 11) is 1.29. The van der Waals surface area contributed by atoms with Crippen LogP contribution in [0.4, 0.5) is 9.18 Å². The van der Waals surface area contributed by atoms with Gasteiger partial charge in [0.1, 0.15) is 11.9 Å². The van der Waals surface area contributed by atoms with Crippen molar-refractivity contribution in [3.63, 3.8) is 0 Å². The van der Waals surface area contributed by atoms with Gasteiger partial charge in [-0.25, -0.2) is 14.0 Å². The summed E-state index contributed by atoms with van der Waals surface area (Å²) in [4.78, 5) is 24.7. The van der Waals surface area contributed by atoms with Crippen LogP contribution in [0.2, 0.25) is 0 Å². The van der Waals surface area contributed by atoms with Gasteiger partial charge in [0, 0.05) is 12.5 Å². The van der Waals surface area contributed by atoms with E-state index in [1.54, 1.807) is 12.1 Å². The molecule has 0 spiro atoms. The molecule has 0 aliphatic heterocycles. The fraction of sp³-hybridized carbons (Fsp3) is 0.619. The minimum Gasteiger partial charge on any atom is -0.467 e. The number of benzene rings is 1. The quantitative estimate of drug-likeness (QED) is 0.779. The Hall–Kier alpha value is -2.11. The van der Waals surface area contributed by atoms with Crippen molar-refractivity contribution >= 4 is 12.0 Å². The highest BCUT2D eigenvalue weighted by atomic mass is 19.1. The Bertz CT molecular complexity index is 695. The molecule has 4 aliphatic carbocycles. The Labute approximate surface area is 159 Å². The summed E-state index contributed by atoms with van der Waals surface area (Å²) in [5.74, 6) is 1.90. The van der Waals surface area contributed by atoms with Crippen LogP contribution >= 0.6 is 0 Å². The molecule has 0 saturated heterocycles. The second-order valence-corrected chi connectivity index (χ2v) is 8.48. The molecule has 0 aromatic heterocycles. The molecule has 2 amide bonds. The van der Waals surface area contributed by atoms with E-state index in [0.29, 0.717) is 17.4 Å². The highest BCUT2D eigenvalue weighted by Gasteiger charge is 2.48. The maximum Gasteiger partial charge on any atom is 0.328 e. The average molecular weight is 374 g/mol. The number of esters is 1. The number of hydrogen-bond acceptors (Lipinski definition) is 3. The number of carbonyl (C=O) groups is 2. The average Bonchev–Trinajstić information content (AvgIpc) is 2.63.